The lowest BCUT2D eigenvalue weighted by Crippen LogP contribution is -2.51. The maximum atomic E-state index is 14.0. The van der Waals surface area contributed by atoms with E-state index in [1.807, 2.05) is 0 Å². The second-order valence-electron chi connectivity index (χ2n) is 6.49. The molecule has 7 nitrogen and oxygen atoms in total. The van der Waals surface area contributed by atoms with E-state index < -0.39 is 29.2 Å². The molecule has 0 aliphatic carbocycles. The fourth-order valence-electron chi connectivity index (χ4n) is 2.70. The van der Waals surface area contributed by atoms with E-state index in [0.29, 0.717) is 0 Å². The predicted molar refractivity (Wildman–Crippen MR) is 86.0 cm³/mol. The Morgan fingerprint density at radius 3 is 2.50 bits per heavy atom. The number of ether oxygens (including phenoxy) is 1. The molecule has 1 atom stereocenters. The number of aromatic nitrogens is 3. The van der Waals surface area contributed by atoms with Crippen LogP contribution in [0.5, 0.6) is 0 Å². The van der Waals surface area contributed by atoms with Crippen LogP contribution in [0.3, 0.4) is 0 Å². The molecule has 1 aromatic carbocycles. The summed E-state index contributed by atoms with van der Waals surface area (Å²) >= 11 is 0. The van der Waals surface area contributed by atoms with Crippen LogP contribution in [0.1, 0.15) is 26.5 Å². The minimum Gasteiger partial charge on any atom is -0.468 e. The number of benzene rings is 1. The van der Waals surface area contributed by atoms with Crippen LogP contribution in [-0.4, -0.2) is 39.8 Å². The Balaban J connectivity index is 2.71. The first kappa shape index (κ1) is 17.9. The molecule has 0 saturated heterocycles. The van der Waals surface area contributed by atoms with Gasteiger partial charge in [-0.25, -0.2) is 4.39 Å². The van der Waals surface area contributed by atoms with E-state index in [2.05, 4.69) is 10.3 Å². The van der Waals surface area contributed by atoms with Gasteiger partial charge >= 0.3 is 5.97 Å². The van der Waals surface area contributed by atoms with Crippen LogP contribution < -0.4 is 5.73 Å². The molecular formula is C16H21FN4O3. The minimum absolute atomic E-state index is 0.0329. The van der Waals surface area contributed by atoms with Gasteiger partial charge in [-0.2, -0.15) is 4.68 Å². The van der Waals surface area contributed by atoms with Gasteiger partial charge in [0.2, 0.25) is 0 Å². The van der Waals surface area contributed by atoms with Crippen LogP contribution in [0.15, 0.2) is 24.3 Å². The molecule has 8 heteroatoms. The lowest BCUT2D eigenvalue weighted by molar-refractivity contribution is -0.155. The van der Waals surface area contributed by atoms with Gasteiger partial charge in [-0.15, -0.1) is 5.10 Å². The maximum absolute atomic E-state index is 14.0. The van der Waals surface area contributed by atoms with Gasteiger partial charge in [-0.3, -0.25) is 4.79 Å². The predicted octanol–water partition coefficient (Wildman–Crippen LogP) is 1.44. The monoisotopic (exact) mass is 336 g/mol. The number of nitrogen functional groups attached to an aromatic ring is 1. The molecule has 130 valence electrons. The Hall–Kier alpha value is -2.48. The summed E-state index contributed by atoms with van der Waals surface area (Å²) in [4.78, 5) is 12.5. The van der Waals surface area contributed by atoms with Crippen molar-refractivity contribution in [3.8, 4) is 5.69 Å². The summed E-state index contributed by atoms with van der Waals surface area (Å²) in [5, 5.41) is 17.9. The van der Waals surface area contributed by atoms with E-state index in [1.54, 1.807) is 26.8 Å². The molecule has 0 amide bonds. The number of rotatable bonds is 4. The van der Waals surface area contributed by atoms with E-state index in [4.69, 9.17) is 10.5 Å². The average Bonchev–Trinajstić information content (AvgIpc) is 2.89. The molecule has 0 aliphatic heterocycles. The summed E-state index contributed by atoms with van der Waals surface area (Å²) in [6.45, 7) is 4.68. The Labute approximate surface area is 139 Å². The van der Waals surface area contributed by atoms with E-state index in [9.17, 15) is 14.3 Å². The summed E-state index contributed by atoms with van der Waals surface area (Å²) in [6, 6.07) is 5.91. The first-order valence-corrected chi connectivity index (χ1v) is 7.36. The highest BCUT2D eigenvalue weighted by molar-refractivity contribution is 5.85. The molecule has 0 spiro atoms. The molecule has 0 fully saturated rings. The SMILES string of the molecule is COC(=O)[C@@](CO)(c1nnn(-c2ccccc2F)c1N)C(C)(C)C. The van der Waals surface area contributed by atoms with Gasteiger partial charge in [0, 0.05) is 0 Å². The number of methoxy groups -OCH3 is 1. The summed E-state index contributed by atoms with van der Waals surface area (Å²) in [5.41, 5.74) is 3.94. The first-order valence-electron chi connectivity index (χ1n) is 7.36. The second-order valence-corrected chi connectivity index (χ2v) is 6.49. The van der Waals surface area contributed by atoms with Crippen molar-refractivity contribution >= 4 is 11.8 Å². The van der Waals surface area contributed by atoms with Crippen LogP contribution in [0.4, 0.5) is 10.2 Å². The third-order valence-electron chi connectivity index (χ3n) is 4.24. The fraction of sp³-hybridized carbons (Fsp3) is 0.438. The number of halogens is 1. The Morgan fingerprint density at radius 1 is 1.38 bits per heavy atom. The topological polar surface area (TPSA) is 103 Å². The zero-order valence-corrected chi connectivity index (χ0v) is 14.1. The highest BCUT2D eigenvalue weighted by Crippen LogP contribution is 2.44. The normalized spacial score (nSPS) is 14.2. The number of nitrogens with two attached hydrogens (primary N) is 1. The van der Waals surface area contributed by atoms with Crippen molar-refractivity contribution in [3.63, 3.8) is 0 Å². The number of esters is 1. The molecule has 0 saturated carbocycles. The lowest BCUT2D eigenvalue weighted by Gasteiger charge is -2.39. The van der Waals surface area contributed by atoms with Crippen molar-refractivity contribution in [1.29, 1.82) is 0 Å². The molecule has 1 heterocycles. The van der Waals surface area contributed by atoms with Crippen LogP contribution in [-0.2, 0) is 14.9 Å². The molecule has 2 aromatic rings. The summed E-state index contributed by atoms with van der Waals surface area (Å²) in [5.74, 6) is -1.26. The molecule has 0 unspecified atom stereocenters. The maximum Gasteiger partial charge on any atom is 0.321 e. The first-order chi connectivity index (χ1) is 11.2. The number of nitrogens with zero attached hydrogens (tertiary/aromatic N) is 3. The number of aliphatic hydroxyl groups excluding tert-OH is 1. The van der Waals surface area contributed by atoms with Crippen LogP contribution in [0.2, 0.25) is 0 Å². The standard InChI is InChI=1S/C16H21FN4O3/c1-15(2,3)16(9-22,14(23)24-4)12-13(18)21(20-19-12)11-8-6-5-7-10(11)17/h5-8,22H,9,18H2,1-4H3/t16-/m1/s1. The van der Waals surface area contributed by atoms with E-state index in [0.717, 1.165) is 4.68 Å². The van der Waals surface area contributed by atoms with Crippen molar-refractivity contribution in [1.82, 2.24) is 15.0 Å². The average molecular weight is 336 g/mol. The van der Waals surface area contributed by atoms with Crippen molar-refractivity contribution in [3.05, 3.63) is 35.8 Å². The summed E-state index contributed by atoms with van der Waals surface area (Å²) < 4.78 is 20.0. The fourth-order valence-corrected chi connectivity index (χ4v) is 2.70. The van der Waals surface area contributed by atoms with Gasteiger partial charge in [0.1, 0.15) is 22.6 Å². The van der Waals surface area contributed by atoms with Gasteiger partial charge in [0.05, 0.1) is 13.7 Å². The van der Waals surface area contributed by atoms with Crippen molar-refractivity contribution in [2.45, 2.75) is 26.2 Å². The number of para-hydroxylation sites is 1. The third kappa shape index (κ3) is 2.52. The molecule has 24 heavy (non-hydrogen) atoms. The van der Waals surface area contributed by atoms with Crippen molar-refractivity contribution < 1.29 is 19.0 Å². The zero-order chi connectivity index (χ0) is 18.1. The van der Waals surface area contributed by atoms with Gasteiger partial charge in [-0.1, -0.05) is 38.1 Å². The Bertz CT molecular complexity index is 754. The number of carbonyl (C=O) groups is 1. The van der Waals surface area contributed by atoms with Gasteiger partial charge < -0.3 is 15.6 Å². The molecule has 2 rings (SSSR count). The number of carbonyl (C=O) groups excluding carboxylic acids is 1. The Morgan fingerprint density at radius 2 is 2.00 bits per heavy atom. The van der Waals surface area contributed by atoms with Crippen molar-refractivity contribution in [2.75, 3.05) is 19.5 Å². The highest BCUT2D eigenvalue weighted by Gasteiger charge is 2.54. The van der Waals surface area contributed by atoms with Gasteiger partial charge in [0.15, 0.2) is 5.82 Å². The van der Waals surface area contributed by atoms with Crippen LogP contribution in [0, 0.1) is 11.2 Å². The number of hydrogen-bond acceptors (Lipinski definition) is 6. The highest BCUT2D eigenvalue weighted by atomic mass is 19.1. The molecule has 0 aliphatic rings. The number of aliphatic hydroxyl groups is 1. The third-order valence-corrected chi connectivity index (χ3v) is 4.24. The molecular weight excluding hydrogens is 315 g/mol. The summed E-state index contributed by atoms with van der Waals surface area (Å²) in [7, 11) is 1.22. The molecule has 3 N–H and O–H groups in total. The molecule has 1 aromatic heterocycles. The van der Waals surface area contributed by atoms with Crippen LogP contribution in [0.25, 0.3) is 5.69 Å². The van der Waals surface area contributed by atoms with Crippen LogP contribution >= 0.6 is 0 Å². The summed E-state index contributed by atoms with van der Waals surface area (Å²) in [6.07, 6.45) is 0. The molecule has 0 bridgehead atoms. The number of hydrogen-bond donors (Lipinski definition) is 2. The second kappa shape index (κ2) is 6.20. The van der Waals surface area contributed by atoms with E-state index in [-0.39, 0.29) is 17.2 Å². The van der Waals surface area contributed by atoms with Gasteiger partial charge in [0.25, 0.3) is 0 Å². The minimum atomic E-state index is -1.53. The quantitative estimate of drug-likeness (QED) is 0.819. The lowest BCUT2D eigenvalue weighted by atomic mass is 9.65. The van der Waals surface area contributed by atoms with Gasteiger partial charge in [-0.05, 0) is 17.5 Å². The molecule has 0 radical (unpaired) electrons. The van der Waals surface area contributed by atoms with E-state index >= 15 is 0 Å². The zero-order valence-electron chi connectivity index (χ0n) is 14.1. The number of anilines is 1. The largest absolute Gasteiger partial charge is 0.468 e. The van der Waals surface area contributed by atoms with Crippen molar-refractivity contribution in [2.24, 2.45) is 5.41 Å². The van der Waals surface area contributed by atoms with E-state index in [1.165, 1.54) is 25.3 Å². The Kier molecular flexibility index (Phi) is 4.61. The smallest absolute Gasteiger partial charge is 0.321 e.